The molecule has 0 radical (unpaired) electrons. The standard InChI is InChI=1S/C17H24N6O2/c1-16(2,3)25-15(24)23(13(6-10-18)22(4)5)17(8-9-17)14-20-11-7-12(19)21-14/h6-7,11H,8-9H2,1-5H3,(H2,19,20,21). The third-order valence-corrected chi connectivity index (χ3v) is 3.70. The topological polar surface area (TPSA) is 108 Å². The molecule has 1 amide bonds. The van der Waals surface area contributed by atoms with Gasteiger partial charge in [0.15, 0.2) is 5.82 Å². The van der Waals surface area contributed by atoms with Crippen molar-refractivity contribution >= 4 is 11.9 Å². The molecule has 2 rings (SSSR count). The van der Waals surface area contributed by atoms with Crippen LogP contribution in [0.5, 0.6) is 0 Å². The molecule has 1 aliphatic rings. The first kappa shape index (κ1) is 18.5. The number of anilines is 1. The number of hydrogen-bond acceptors (Lipinski definition) is 7. The van der Waals surface area contributed by atoms with E-state index in [1.807, 2.05) is 6.07 Å². The Kier molecular flexibility index (Phi) is 4.88. The monoisotopic (exact) mass is 344 g/mol. The molecule has 0 spiro atoms. The summed E-state index contributed by atoms with van der Waals surface area (Å²) in [6, 6.07) is 3.58. The van der Waals surface area contributed by atoms with Crippen molar-refractivity contribution < 1.29 is 9.53 Å². The lowest BCUT2D eigenvalue weighted by Gasteiger charge is -2.36. The predicted octanol–water partition coefficient (Wildman–Crippen LogP) is 2.21. The van der Waals surface area contributed by atoms with Crippen LogP contribution in [0.25, 0.3) is 0 Å². The number of amides is 1. The lowest BCUT2D eigenvalue weighted by atomic mass is 10.2. The Labute approximate surface area is 147 Å². The Morgan fingerprint density at radius 1 is 1.44 bits per heavy atom. The number of nitrogens with zero attached hydrogens (tertiary/aromatic N) is 5. The van der Waals surface area contributed by atoms with E-state index in [0.717, 1.165) is 0 Å². The van der Waals surface area contributed by atoms with E-state index >= 15 is 0 Å². The summed E-state index contributed by atoms with van der Waals surface area (Å²) in [5.74, 6) is 1.19. The molecule has 0 unspecified atom stereocenters. The molecule has 1 fully saturated rings. The Morgan fingerprint density at radius 2 is 2.08 bits per heavy atom. The number of carbonyl (C=O) groups excluding carboxylic acids is 1. The van der Waals surface area contributed by atoms with E-state index in [1.165, 1.54) is 11.0 Å². The van der Waals surface area contributed by atoms with Gasteiger partial charge >= 0.3 is 6.09 Å². The zero-order chi connectivity index (χ0) is 18.8. The van der Waals surface area contributed by atoms with E-state index in [4.69, 9.17) is 15.7 Å². The molecule has 25 heavy (non-hydrogen) atoms. The molecule has 1 heterocycles. The third kappa shape index (κ3) is 3.99. The highest BCUT2D eigenvalue weighted by atomic mass is 16.6. The van der Waals surface area contributed by atoms with Crippen LogP contribution in [0, 0.1) is 11.3 Å². The fourth-order valence-corrected chi connectivity index (χ4v) is 2.51. The number of carbonyl (C=O) groups is 1. The van der Waals surface area contributed by atoms with E-state index in [9.17, 15) is 4.79 Å². The van der Waals surface area contributed by atoms with Gasteiger partial charge in [0, 0.05) is 20.3 Å². The SMILES string of the molecule is CN(C)C(=CC#N)N(C(=O)OC(C)(C)C)C1(c2nccc(N)n2)CC1. The normalized spacial score (nSPS) is 15.9. The molecule has 0 atom stereocenters. The molecule has 8 heteroatoms. The molecule has 134 valence electrons. The number of hydrogen-bond donors (Lipinski definition) is 1. The maximum absolute atomic E-state index is 13.0. The third-order valence-electron chi connectivity index (χ3n) is 3.70. The van der Waals surface area contributed by atoms with Crippen LogP contribution in [0.15, 0.2) is 24.2 Å². The highest BCUT2D eigenvalue weighted by molar-refractivity contribution is 5.72. The number of ether oxygens (including phenoxy) is 1. The summed E-state index contributed by atoms with van der Waals surface area (Å²) in [5.41, 5.74) is 4.36. The van der Waals surface area contributed by atoms with Crippen molar-refractivity contribution in [3.05, 3.63) is 30.0 Å². The van der Waals surface area contributed by atoms with Gasteiger partial charge in [-0.3, -0.25) is 0 Å². The van der Waals surface area contributed by atoms with Gasteiger partial charge in [0.25, 0.3) is 0 Å². The molecule has 1 aromatic rings. The minimum Gasteiger partial charge on any atom is -0.443 e. The van der Waals surface area contributed by atoms with Crippen molar-refractivity contribution in [3.8, 4) is 6.07 Å². The van der Waals surface area contributed by atoms with Crippen LogP contribution in [-0.4, -0.2) is 45.6 Å². The molecule has 0 aromatic carbocycles. The fraction of sp³-hybridized carbons (Fsp3) is 0.529. The number of nitrogen functional groups attached to an aromatic ring is 1. The lowest BCUT2D eigenvalue weighted by molar-refractivity contribution is 0.0141. The smallest absolute Gasteiger partial charge is 0.416 e. The first-order valence-electron chi connectivity index (χ1n) is 8.00. The second-order valence-corrected chi connectivity index (χ2v) is 7.18. The van der Waals surface area contributed by atoms with E-state index in [0.29, 0.717) is 30.3 Å². The summed E-state index contributed by atoms with van der Waals surface area (Å²) in [6.45, 7) is 5.38. The summed E-state index contributed by atoms with van der Waals surface area (Å²) >= 11 is 0. The van der Waals surface area contributed by atoms with Gasteiger partial charge in [-0.2, -0.15) is 5.26 Å². The van der Waals surface area contributed by atoms with Gasteiger partial charge in [-0.15, -0.1) is 0 Å². The van der Waals surface area contributed by atoms with Crippen molar-refractivity contribution in [2.75, 3.05) is 19.8 Å². The number of nitrogens with two attached hydrogens (primary N) is 1. The van der Waals surface area contributed by atoms with E-state index in [1.54, 1.807) is 52.0 Å². The quantitative estimate of drug-likeness (QED) is 0.834. The van der Waals surface area contributed by atoms with Gasteiger partial charge in [0.2, 0.25) is 0 Å². The molecule has 1 aromatic heterocycles. The molecule has 8 nitrogen and oxygen atoms in total. The Morgan fingerprint density at radius 3 is 2.52 bits per heavy atom. The Balaban J connectivity index is 2.54. The van der Waals surface area contributed by atoms with Crippen LogP contribution >= 0.6 is 0 Å². The second-order valence-electron chi connectivity index (χ2n) is 7.18. The summed E-state index contributed by atoms with van der Waals surface area (Å²) in [5, 5.41) is 9.17. The fourth-order valence-electron chi connectivity index (χ4n) is 2.51. The minimum absolute atomic E-state index is 0.330. The van der Waals surface area contributed by atoms with Crippen molar-refractivity contribution in [1.29, 1.82) is 5.26 Å². The number of aromatic nitrogens is 2. The molecule has 1 aliphatic carbocycles. The Bertz CT molecular complexity index is 725. The maximum Gasteiger partial charge on any atom is 0.416 e. The maximum atomic E-state index is 13.0. The van der Waals surface area contributed by atoms with Crippen molar-refractivity contribution in [2.45, 2.75) is 44.8 Å². The average Bonchev–Trinajstić information content (AvgIpc) is 3.26. The van der Waals surface area contributed by atoms with E-state index in [2.05, 4.69) is 9.97 Å². The average molecular weight is 344 g/mol. The van der Waals surface area contributed by atoms with Crippen LogP contribution in [-0.2, 0) is 10.3 Å². The molecule has 0 bridgehead atoms. The van der Waals surface area contributed by atoms with Crippen molar-refractivity contribution in [3.63, 3.8) is 0 Å². The first-order chi connectivity index (χ1) is 11.6. The van der Waals surface area contributed by atoms with Crippen LogP contribution in [0.1, 0.15) is 39.4 Å². The highest BCUT2D eigenvalue weighted by Gasteiger charge is 2.57. The summed E-state index contributed by atoms with van der Waals surface area (Å²) in [6.07, 6.45) is 3.65. The molecular weight excluding hydrogens is 320 g/mol. The molecule has 1 saturated carbocycles. The summed E-state index contributed by atoms with van der Waals surface area (Å²) < 4.78 is 5.58. The molecule has 0 aliphatic heterocycles. The van der Waals surface area contributed by atoms with Gasteiger partial charge < -0.3 is 15.4 Å². The lowest BCUT2D eigenvalue weighted by Crippen LogP contribution is -2.46. The number of allylic oxidation sites excluding steroid dienone is 1. The van der Waals surface area contributed by atoms with Gasteiger partial charge in [-0.1, -0.05) is 0 Å². The molecule has 2 N–H and O–H groups in total. The van der Waals surface area contributed by atoms with Gasteiger partial charge in [-0.05, 0) is 39.7 Å². The largest absolute Gasteiger partial charge is 0.443 e. The highest BCUT2D eigenvalue weighted by Crippen LogP contribution is 2.52. The van der Waals surface area contributed by atoms with Crippen LogP contribution in [0.2, 0.25) is 0 Å². The van der Waals surface area contributed by atoms with E-state index in [-0.39, 0.29) is 0 Å². The van der Waals surface area contributed by atoms with Crippen molar-refractivity contribution in [2.24, 2.45) is 0 Å². The van der Waals surface area contributed by atoms with Crippen LogP contribution < -0.4 is 5.73 Å². The van der Waals surface area contributed by atoms with Gasteiger partial charge in [0.1, 0.15) is 22.8 Å². The molecule has 0 saturated heterocycles. The van der Waals surface area contributed by atoms with Gasteiger partial charge in [0.05, 0.1) is 12.1 Å². The Hall–Kier alpha value is -2.82. The zero-order valence-electron chi connectivity index (χ0n) is 15.3. The van der Waals surface area contributed by atoms with Gasteiger partial charge in [-0.25, -0.2) is 19.7 Å². The van der Waals surface area contributed by atoms with Crippen LogP contribution in [0.3, 0.4) is 0 Å². The van der Waals surface area contributed by atoms with Crippen molar-refractivity contribution in [1.82, 2.24) is 19.8 Å². The van der Waals surface area contributed by atoms with Crippen LogP contribution in [0.4, 0.5) is 10.6 Å². The second kappa shape index (κ2) is 6.59. The predicted molar refractivity (Wildman–Crippen MR) is 92.8 cm³/mol. The summed E-state index contributed by atoms with van der Waals surface area (Å²) in [4.78, 5) is 24.7. The number of nitriles is 1. The summed E-state index contributed by atoms with van der Waals surface area (Å²) in [7, 11) is 3.52. The van der Waals surface area contributed by atoms with E-state index < -0.39 is 17.2 Å². The zero-order valence-corrected chi connectivity index (χ0v) is 15.3. The minimum atomic E-state index is -0.759. The molecular formula is C17H24N6O2. The number of rotatable bonds is 4. The first-order valence-corrected chi connectivity index (χ1v) is 8.00.